The summed E-state index contributed by atoms with van der Waals surface area (Å²) in [6.07, 6.45) is 4.69. The molecule has 2 unspecified atom stereocenters. The molecule has 7 heteroatoms. The standard InChI is InChI=1S/C13H22N4O3/c1-4-9-12(17(18)19)13(16(3)15-9)20-11-8-6-5-7-10(11)14-2/h10-11,14H,4-8H2,1-3H3. The summed E-state index contributed by atoms with van der Waals surface area (Å²) in [6, 6.07) is 0.239. The predicted octanol–water partition coefficient (Wildman–Crippen LogP) is 1.80. The lowest BCUT2D eigenvalue weighted by Gasteiger charge is -2.31. The number of nitrogens with zero attached hydrogens (tertiary/aromatic N) is 3. The summed E-state index contributed by atoms with van der Waals surface area (Å²) in [6.45, 7) is 1.86. The molecule has 2 rings (SSSR count). The van der Waals surface area contributed by atoms with Crippen LogP contribution in [0, 0.1) is 10.1 Å². The molecule has 1 aliphatic carbocycles. The van der Waals surface area contributed by atoms with Crippen LogP contribution in [-0.2, 0) is 13.5 Å². The summed E-state index contributed by atoms with van der Waals surface area (Å²) < 4.78 is 7.45. The van der Waals surface area contributed by atoms with E-state index in [9.17, 15) is 10.1 Å². The van der Waals surface area contributed by atoms with Gasteiger partial charge in [-0.2, -0.15) is 5.10 Å². The minimum Gasteiger partial charge on any atom is -0.468 e. The Hall–Kier alpha value is -1.63. The molecule has 1 fully saturated rings. The third-order valence-corrected chi connectivity index (χ3v) is 3.89. The SMILES string of the molecule is CCc1nn(C)c(OC2CCCCC2NC)c1[N+](=O)[O-]. The van der Waals surface area contributed by atoms with E-state index >= 15 is 0 Å². The van der Waals surface area contributed by atoms with Crippen LogP contribution in [0.4, 0.5) is 5.69 Å². The van der Waals surface area contributed by atoms with Gasteiger partial charge >= 0.3 is 5.69 Å². The molecule has 1 aromatic heterocycles. The van der Waals surface area contributed by atoms with Gasteiger partial charge in [0.05, 0.1) is 4.92 Å². The zero-order valence-corrected chi connectivity index (χ0v) is 12.3. The zero-order chi connectivity index (χ0) is 14.7. The highest BCUT2D eigenvalue weighted by Crippen LogP contribution is 2.33. The molecular weight excluding hydrogens is 260 g/mol. The monoisotopic (exact) mass is 282 g/mol. The Kier molecular flexibility index (Phi) is 4.59. The number of ether oxygens (including phenoxy) is 1. The van der Waals surface area contributed by atoms with Gasteiger partial charge in [-0.15, -0.1) is 0 Å². The van der Waals surface area contributed by atoms with Gasteiger partial charge in [-0.1, -0.05) is 13.3 Å². The van der Waals surface area contributed by atoms with Crippen LogP contribution in [0.3, 0.4) is 0 Å². The van der Waals surface area contributed by atoms with Crippen LogP contribution >= 0.6 is 0 Å². The van der Waals surface area contributed by atoms with Crippen molar-refractivity contribution in [1.29, 1.82) is 0 Å². The number of aryl methyl sites for hydroxylation is 2. The minimum absolute atomic E-state index is 0.00965. The predicted molar refractivity (Wildman–Crippen MR) is 75.0 cm³/mol. The van der Waals surface area contributed by atoms with E-state index in [1.807, 2.05) is 14.0 Å². The van der Waals surface area contributed by atoms with Crippen molar-refractivity contribution in [3.05, 3.63) is 15.8 Å². The van der Waals surface area contributed by atoms with Crippen molar-refractivity contribution in [2.24, 2.45) is 7.05 Å². The molecule has 0 radical (unpaired) electrons. The lowest BCUT2D eigenvalue weighted by atomic mass is 9.92. The summed E-state index contributed by atoms with van der Waals surface area (Å²) in [5.74, 6) is 0.277. The topological polar surface area (TPSA) is 82.2 Å². The third-order valence-electron chi connectivity index (χ3n) is 3.89. The van der Waals surface area contributed by atoms with Crippen LogP contribution in [-0.4, -0.2) is 33.9 Å². The molecule has 112 valence electrons. The van der Waals surface area contributed by atoms with Crippen molar-refractivity contribution < 1.29 is 9.66 Å². The first-order chi connectivity index (χ1) is 9.58. The molecule has 0 aromatic carbocycles. The number of rotatable bonds is 5. The van der Waals surface area contributed by atoms with E-state index in [1.54, 1.807) is 7.05 Å². The van der Waals surface area contributed by atoms with Crippen LogP contribution in [0.2, 0.25) is 0 Å². The van der Waals surface area contributed by atoms with Crippen LogP contribution in [0.1, 0.15) is 38.3 Å². The average molecular weight is 282 g/mol. The molecule has 0 aliphatic heterocycles. The van der Waals surface area contributed by atoms with Crippen LogP contribution < -0.4 is 10.1 Å². The smallest absolute Gasteiger partial charge is 0.353 e. The molecular formula is C13H22N4O3. The largest absolute Gasteiger partial charge is 0.468 e. The van der Waals surface area contributed by atoms with Crippen molar-refractivity contribution in [3.8, 4) is 5.88 Å². The summed E-state index contributed by atoms with van der Waals surface area (Å²) in [4.78, 5) is 10.9. The maximum Gasteiger partial charge on any atom is 0.353 e. The van der Waals surface area contributed by atoms with Gasteiger partial charge in [-0.3, -0.25) is 10.1 Å². The second kappa shape index (κ2) is 6.21. The second-order valence-electron chi connectivity index (χ2n) is 5.17. The van der Waals surface area contributed by atoms with Crippen molar-refractivity contribution in [2.75, 3.05) is 7.05 Å². The van der Waals surface area contributed by atoms with E-state index in [0.717, 1.165) is 19.3 Å². The van der Waals surface area contributed by atoms with Crippen molar-refractivity contribution >= 4 is 5.69 Å². The normalized spacial score (nSPS) is 22.8. The maximum atomic E-state index is 11.3. The van der Waals surface area contributed by atoms with Gasteiger partial charge in [0.25, 0.3) is 5.88 Å². The molecule has 1 saturated carbocycles. The summed E-state index contributed by atoms with van der Waals surface area (Å²) in [5, 5.41) is 18.7. The quantitative estimate of drug-likeness (QED) is 0.657. The summed E-state index contributed by atoms with van der Waals surface area (Å²) in [5.41, 5.74) is 0.486. The minimum atomic E-state index is -0.391. The number of aromatic nitrogens is 2. The van der Waals surface area contributed by atoms with E-state index in [2.05, 4.69) is 10.4 Å². The maximum absolute atomic E-state index is 11.3. The Labute approximate surface area is 118 Å². The van der Waals surface area contributed by atoms with E-state index in [0.29, 0.717) is 12.1 Å². The van der Waals surface area contributed by atoms with Gasteiger partial charge in [0, 0.05) is 13.1 Å². The molecule has 0 saturated heterocycles. The average Bonchev–Trinajstić information content (AvgIpc) is 2.76. The molecule has 0 spiro atoms. The molecule has 20 heavy (non-hydrogen) atoms. The highest BCUT2D eigenvalue weighted by molar-refractivity contribution is 5.46. The number of hydrogen-bond donors (Lipinski definition) is 1. The molecule has 1 N–H and O–H groups in total. The number of nitrogens with one attached hydrogen (secondary N) is 1. The van der Waals surface area contributed by atoms with Gasteiger partial charge < -0.3 is 10.1 Å². The van der Waals surface area contributed by atoms with Gasteiger partial charge in [-0.05, 0) is 32.7 Å². The van der Waals surface area contributed by atoms with E-state index in [4.69, 9.17) is 4.74 Å². The molecule has 0 amide bonds. The number of hydrogen-bond acceptors (Lipinski definition) is 5. The van der Waals surface area contributed by atoms with E-state index in [-0.39, 0.29) is 23.7 Å². The molecule has 7 nitrogen and oxygen atoms in total. The Balaban J connectivity index is 2.28. The second-order valence-corrected chi connectivity index (χ2v) is 5.17. The van der Waals surface area contributed by atoms with E-state index < -0.39 is 4.92 Å². The van der Waals surface area contributed by atoms with Crippen molar-refractivity contribution in [3.63, 3.8) is 0 Å². The number of nitro groups is 1. The first kappa shape index (κ1) is 14.8. The number of likely N-dealkylation sites (N-methyl/N-ethyl adjacent to an activating group) is 1. The van der Waals surface area contributed by atoms with Crippen molar-refractivity contribution in [2.45, 2.75) is 51.2 Å². The summed E-state index contributed by atoms with van der Waals surface area (Å²) >= 11 is 0. The Morgan fingerprint density at radius 2 is 2.20 bits per heavy atom. The Morgan fingerprint density at radius 3 is 2.80 bits per heavy atom. The van der Waals surface area contributed by atoms with Gasteiger partial charge in [-0.25, -0.2) is 4.68 Å². The highest BCUT2D eigenvalue weighted by atomic mass is 16.6. The molecule has 1 aromatic rings. The Morgan fingerprint density at radius 1 is 1.50 bits per heavy atom. The first-order valence-corrected chi connectivity index (χ1v) is 7.12. The highest BCUT2D eigenvalue weighted by Gasteiger charge is 2.32. The fourth-order valence-electron chi connectivity index (χ4n) is 2.82. The molecule has 2 atom stereocenters. The first-order valence-electron chi connectivity index (χ1n) is 7.12. The molecule has 1 heterocycles. The van der Waals surface area contributed by atoms with Gasteiger partial charge in [0.2, 0.25) is 0 Å². The Bertz CT molecular complexity index is 486. The van der Waals surface area contributed by atoms with Crippen LogP contribution in [0.25, 0.3) is 0 Å². The van der Waals surface area contributed by atoms with Crippen LogP contribution in [0.5, 0.6) is 5.88 Å². The summed E-state index contributed by atoms with van der Waals surface area (Å²) in [7, 11) is 3.60. The van der Waals surface area contributed by atoms with Crippen molar-refractivity contribution in [1.82, 2.24) is 15.1 Å². The fraction of sp³-hybridized carbons (Fsp3) is 0.769. The van der Waals surface area contributed by atoms with Gasteiger partial charge in [0.1, 0.15) is 11.8 Å². The van der Waals surface area contributed by atoms with E-state index in [1.165, 1.54) is 11.1 Å². The molecule has 0 bridgehead atoms. The van der Waals surface area contributed by atoms with Crippen LogP contribution in [0.15, 0.2) is 0 Å². The third kappa shape index (κ3) is 2.77. The molecule has 1 aliphatic rings. The zero-order valence-electron chi connectivity index (χ0n) is 12.3. The fourth-order valence-corrected chi connectivity index (χ4v) is 2.82. The van der Waals surface area contributed by atoms with Gasteiger partial charge in [0.15, 0.2) is 0 Å². The lowest BCUT2D eigenvalue weighted by molar-refractivity contribution is -0.386. The lowest BCUT2D eigenvalue weighted by Crippen LogP contribution is -2.43.